The third-order valence-corrected chi connectivity index (χ3v) is 6.20. The molecule has 0 saturated carbocycles. The number of benzene rings is 2. The summed E-state index contributed by atoms with van der Waals surface area (Å²) in [4.78, 5) is 31.6. The molecule has 0 bridgehead atoms. The van der Waals surface area contributed by atoms with Gasteiger partial charge in [0.15, 0.2) is 6.10 Å². The molecule has 8 heteroatoms. The Bertz CT molecular complexity index is 957. The molecule has 4 rings (SSSR count). The standard InChI is InChI=1S/C25H32N4O4/c1-3-22-25(31)29(21-6-4-5-7-23(21)33-22)18-24(30)26-12-13-27-14-16-28(17-15-27)19-8-10-20(32-2)11-9-19/h4-11,22H,3,12-18H2,1-2H3,(H,26,30)/t22-/m1/s1. The van der Waals surface area contributed by atoms with Crippen molar-refractivity contribution in [3.05, 3.63) is 48.5 Å². The quantitative estimate of drug-likeness (QED) is 0.662. The average Bonchev–Trinajstić information content (AvgIpc) is 2.86. The number of carbonyl (C=O) groups excluding carboxylic acids is 2. The smallest absolute Gasteiger partial charge is 0.268 e. The molecule has 0 aromatic heterocycles. The van der Waals surface area contributed by atoms with Crippen LogP contribution in [0.3, 0.4) is 0 Å². The normalized spacial score (nSPS) is 18.5. The van der Waals surface area contributed by atoms with Crippen LogP contribution in [0.15, 0.2) is 48.5 Å². The number of piperazine rings is 1. The van der Waals surface area contributed by atoms with Crippen LogP contribution in [-0.4, -0.2) is 75.7 Å². The van der Waals surface area contributed by atoms with E-state index in [0.717, 1.165) is 38.5 Å². The number of anilines is 2. The van der Waals surface area contributed by atoms with Crippen molar-refractivity contribution < 1.29 is 19.1 Å². The molecule has 2 aliphatic rings. The lowest BCUT2D eigenvalue weighted by atomic mass is 10.1. The molecule has 1 N–H and O–H groups in total. The van der Waals surface area contributed by atoms with Gasteiger partial charge >= 0.3 is 0 Å². The van der Waals surface area contributed by atoms with E-state index in [4.69, 9.17) is 9.47 Å². The molecule has 176 valence electrons. The lowest BCUT2D eigenvalue weighted by Gasteiger charge is -2.36. The molecule has 1 atom stereocenters. The van der Waals surface area contributed by atoms with Crippen LogP contribution >= 0.6 is 0 Å². The van der Waals surface area contributed by atoms with Crippen molar-refractivity contribution in [1.29, 1.82) is 0 Å². The highest BCUT2D eigenvalue weighted by atomic mass is 16.5. The molecule has 2 aliphatic heterocycles. The number of nitrogens with zero attached hydrogens (tertiary/aromatic N) is 3. The summed E-state index contributed by atoms with van der Waals surface area (Å²) in [6.45, 7) is 7.01. The van der Waals surface area contributed by atoms with E-state index in [0.29, 0.717) is 24.4 Å². The summed E-state index contributed by atoms with van der Waals surface area (Å²) < 4.78 is 11.0. The number of ether oxygens (including phenoxy) is 2. The van der Waals surface area contributed by atoms with Crippen LogP contribution < -0.4 is 24.6 Å². The first-order valence-corrected chi connectivity index (χ1v) is 11.5. The molecule has 2 amide bonds. The minimum absolute atomic E-state index is 0.000946. The average molecular weight is 453 g/mol. The maximum absolute atomic E-state index is 12.8. The molecule has 0 spiro atoms. The Morgan fingerprint density at radius 3 is 2.52 bits per heavy atom. The van der Waals surface area contributed by atoms with Crippen molar-refractivity contribution in [3.8, 4) is 11.5 Å². The van der Waals surface area contributed by atoms with Gasteiger partial charge in [-0.15, -0.1) is 0 Å². The van der Waals surface area contributed by atoms with Gasteiger partial charge in [-0.25, -0.2) is 0 Å². The van der Waals surface area contributed by atoms with E-state index in [9.17, 15) is 9.59 Å². The highest BCUT2D eigenvalue weighted by molar-refractivity contribution is 6.03. The van der Waals surface area contributed by atoms with Crippen LogP contribution in [0.25, 0.3) is 0 Å². The highest BCUT2D eigenvalue weighted by Crippen LogP contribution is 2.34. The van der Waals surface area contributed by atoms with Crippen LogP contribution in [-0.2, 0) is 9.59 Å². The molecular formula is C25H32N4O4. The largest absolute Gasteiger partial charge is 0.497 e. The molecule has 0 unspecified atom stereocenters. The summed E-state index contributed by atoms with van der Waals surface area (Å²) in [5.41, 5.74) is 1.85. The summed E-state index contributed by atoms with van der Waals surface area (Å²) in [6, 6.07) is 15.5. The molecule has 8 nitrogen and oxygen atoms in total. The van der Waals surface area contributed by atoms with Crippen LogP contribution in [0.5, 0.6) is 11.5 Å². The van der Waals surface area contributed by atoms with Crippen LogP contribution in [0.2, 0.25) is 0 Å². The first kappa shape index (κ1) is 22.9. The number of rotatable bonds is 8. The van der Waals surface area contributed by atoms with E-state index < -0.39 is 6.10 Å². The summed E-state index contributed by atoms with van der Waals surface area (Å²) in [6.07, 6.45) is 0.0167. The first-order valence-electron chi connectivity index (χ1n) is 11.5. The minimum atomic E-state index is -0.547. The Morgan fingerprint density at radius 2 is 1.82 bits per heavy atom. The van der Waals surface area contributed by atoms with Gasteiger partial charge in [-0.1, -0.05) is 19.1 Å². The van der Waals surface area contributed by atoms with Gasteiger partial charge in [0.1, 0.15) is 18.0 Å². The fraction of sp³-hybridized carbons (Fsp3) is 0.440. The van der Waals surface area contributed by atoms with Gasteiger partial charge in [-0.3, -0.25) is 19.4 Å². The summed E-state index contributed by atoms with van der Waals surface area (Å²) in [5, 5.41) is 2.97. The van der Waals surface area contributed by atoms with Crippen molar-refractivity contribution in [2.24, 2.45) is 0 Å². The molecule has 1 saturated heterocycles. The summed E-state index contributed by atoms with van der Waals surface area (Å²) in [7, 11) is 1.67. The SMILES string of the molecule is CC[C@H]1Oc2ccccc2N(CC(=O)NCCN2CCN(c3ccc(OC)cc3)CC2)C1=O. The molecule has 2 aromatic carbocycles. The fourth-order valence-electron chi connectivity index (χ4n) is 4.27. The second-order valence-electron chi connectivity index (χ2n) is 8.28. The number of fused-ring (bicyclic) bond motifs is 1. The van der Waals surface area contributed by atoms with Crippen molar-refractivity contribution in [3.63, 3.8) is 0 Å². The third kappa shape index (κ3) is 5.39. The maximum atomic E-state index is 12.8. The molecule has 1 fully saturated rings. The zero-order chi connectivity index (χ0) is 23.2. The molecule has 2 heterocycles. The fourth-order valence-corrected chi connectivity index (χ4v) is 4.27. The predicted octanol–water partition coefficient (Wildman–Crippen LogP) is 2.14. The highest BCUT2D eigenvalue weighted by Gasteiger charge is 2.34. The number of nitrogens with one attached hydrogen (secondary N) is 1. The van der Waals surface area contributed by atoms with Gasteiger partial charge in [0.25, 0.3) is 5.91 Å². The number of carbonyl (C=O) groups is 2. The summed E-state index contributed by atoms with van der Waals surface area (Å²) in [5.74, 6) is 1.18. The zero-order valence-corrected chi connectivity index (χ0v) is 19.3. The second kappa shape index (κ2) is 10.6. The van der Waals surface area contributed by atoms with Crippen LogP contribution in [0, 0.1) is 0 Å². The summed E-state index contributed by atoms with van der Waals surface area (Å²) >= 11 is 0. The second-order valence-corrected chi connectivity index (χ2v) is 8.28. The Kier molecular flexibility index (Phi) is 7.34. The van der Waals surface area contributed by atoms with Gasteiger partial charge in [-0.05, 0) is 42.8 Å². The van der Waals surface area contributed by atoms with Crippen molar-refractivity contribution in [1.82, 2.24) is 10.2 Å². The monoisotopic (exact) mass is 452 g/mol. The van der Waals surface area contributed by atoms with Crippen molar-refractivity contribution >= 4 is 23.2 Å². The van der Waals surface area contributed by atoms with Gasteiger partial charge in [0.2, 0.25) is 5.91 Å². The molecule has 33 heavy (non-hydrogen) atoms. The Balaban J connectivity index is 1.23. The van der Waals surface area contributed by atoms with E-state index in [2.05, 4.69) is 27.2 Å². The number of hydrogen-bond donors (Lipinski definition) is 1. The Labute approximate surface area is 195 Å². The van der Waals surface area contributed by atoms with Gasteiger partial charge in [-0.2, -0.15) is 0 Å². The lowest BCUT2D eigenvalue weighted by molar-refractivity contribution is -0.129. The Hall–Kier alpha value is -3.26. The number of methoxy groups -OCH3 is 1. The maximum Gasteiger partial charge on any atom is 0.268 e. The zero-order valence-electron chi connectivity index (χ0n) is 19.3. The van der Waals surface area contributed by atoms with Crippen LogP contribution in [0.1, 0.15) is 13.3 Å². The number of hydrogen-bond acceptors (Lipinski definition) is 6. The van der Waals surface area contributed by atoms with E-state index in [-0.39, 0.29) is 18.4 Å². The Morgan fingerprint density at radius 1 is 1.09 bits per heavy atom. The van der Waals surface area contributed by atoms with E-state index in [1.807, 2.05) is 43.3 Å². The van der Waals surface area contributed by atoms with Crippen LogP contribution in [0.4, 0.5) is 11.4 Å². The number of amides is 2. The van der Waals surface area contributed by atoms with Crippen molar-refractivity contribution in [2.75, 3.05) is 62.7 Å². The minimum Gasteiger partial charge on any atom is -0.497 e. The third-order valence-electron chi connectivity index (χ3n) is 6.20. The molecule has 0 aliphatic carbocycles. The van der Waals surface area contributed by atoms with E-state index in [1.165, 1.54) is 10.6 Å². The van der Waals surface area contributed by atoms with E-state index in [1.54, 1.807) is 7.11 Å². The van der Waals surface area contributed by atoms with E-state index >= 15 is 0 Å². The van der Waals surface area contributed by atoms with Gasteiger partial charge in [0.05, 0.1) is 12.8 Å². The molecular weight excluding hydrogens is 420 g/mol. The number of para-hydroxylation sites is 2. The first-order chi connectivity index (χ1) is 16.1. The lowest BCUT2D eigenvalue weighted by Crippen LogP contribution is -2.51. The molecule has 0 radical (unpaired) electrons. The molecule has 2 aromatic rings. The topological polar surface area (TPSA) is 74.3 Å². The van der Waals surface area contributed by atoms with Gasteiger partial charge in [0, 0.05) is 45.0 Å². The van der Waals surface area contributed by atoms with Gasteiger partial charge < -0.3 is 19.7 Å². The predicted molar refractivity (Wildman–Crippen MR) is 128 cm³/mol. The van der Waals surface area contributed by atoms with Crippen molar-refractivity contribution in [2.45, 2.75) is 19.4 Å².